The van der Waals surface area contributed by atoms with Crippen molar-refractivity contribution < 1.29 is 17.9 Å². The number of fused-ring (bicyclic) bond motifs is 1. The van der Waals surface area contributed by atoms with Crippen LogP contribution in [0.1, 0.15) is 11.3 Å². The third-order valence-electron chi connectivity index (χ3n) is 4.80. The number of nitrogens with one attached hydrogen (secondary N) is 1. The average molecular weight is 426 g/mol. The second-order valence-electron chi connectivity index (χ2n) is 6.78. The summed E-state index contributed by atoms with van der Waals surface area (Å²) in [7, 11) is 3.46. The number of nitrogens with zero attached hydrogens (tertiary/aromatic N) is 5. The van der Waals surface area contributed by atoms with Crippen LogP contribution in [0.2, 0.25) is 0 Å². The molecule has 0 bridgehead atoms. The highest BCUT2D eigenvalue weighted by Crippen LogP contribution is 2.39. The molecule has 0 fully saturated rings. The molecule has 1 N–H and O–H groups in total. The molecule has 0 aliphatic carbocycles. The summed E-state index contributed by atoms with van der Waals surface area (Å²) in [6.45, 7) is -0.0914. The summed E-state index contributed by atoms with van der Waals surface area (Å²) in [4.78, 5) is 8.34. The number of aromatic nitrogens is 2. The molecule has 0 saturated heterocycles. The van der Waals surface area contributed by atoms with Gasteiger partial charge < -0.3 is 4.74 Å². The minimum absolute atomic E-state index is 0.0914. The monoisotopic (exact) mass is 426 g/mol. The van der Waals surface area contributed by atoms with Crippen LogP contribution in [0.4, 0.5) is 18.9 Å². The molecule has 1 aromatic carbocycles. The number of anilines is 1. The Morgan fingerprint density at radius 3 is 2.61 bits per heavy atom. The first-order chi connectivity index (χ1) is 14.8. The van der Waals surface area contributed by atoms with Crippen LogP contribution in [0, 0.1) is 5.41 Å². The van der Waals surface area contributed by atoms with Gasteiger partial charge in [-0.2, -0.15) is 18.3 Å². The van der Waals surface area contributed by atoms with Crippen molar-refractivity contribution in [2.24, 2.45) is 5.10 Å². The summed E-state index contributed by atoms with van der Waals surface area (Å²) in [5.41, 5.74) is 0.722. The highest BCUT2D eigenvalue weighted by Gasteiger charge is 2.35. The number of benzene rings is 1. The molecule has 1 aliphatic heterocycles. The second-order valence-corrected chi connectivity index (χ2v) is 6.78. The quantitative estimate of drug-likeness (QED) is 0.649. The van der Waals surface area contributed by atoms with Crippen molar-refractivity contribution in [2.75, 3.05) is 19.1 Å². The Balaban J connectivity index is 1.76. The van der Waals surface area contributed by atoms with Crippen LogP contribution >= 0.6 is 0 Å². The molecule has 2 aromatic heterocycles. The Hall–Kier alpha value is -3.91. The van der Waals surface area contributed by atoms with Crippen molar-refractivity contribution in [3.8, 4) is 17.0 Å². The maximum atomic E-state index is 13.8. The summed E-state index contributed by atoms with van der Waals surface area (Å²) in [6, 6.07) is 10.5. The number of ether oxygens (including phenoxy) is 1. The van der Waals surface area contributed by atoms with E-state index < -0.39 is 11.7 Å². The molecule has 0 amide bonds. The van der Waals surface area contributed by atoms with Crippen molar-refractivity contribution >= 4 is 11.6 Å². The van der Waals surface area contributed by atoms with Gasteiger partial charge in [-0.1, -0.05) is 6.07 Å². The van der Waals surface area contributed by atoms with E-state index in [1.807, 2.05) is 0 Å². The molecular formula is C21H17F3N6O. The molecule has 3 heterocycles. The van der Waals surface area contributed by atoms with Crippen LogP contribution in [0.3, 0.4) is 0 Å². The van der Waals surface area contributed by atoms with Crippen LogP contribution in [-0.4, -0.2) is 35.1 Å². The van der Waals surface area contributed by atoms with Crippen LogP contribution in [-0.2, 0) is 12.8 Å². The van der Waals surface area contributed by atoms with E-state index in [2.05, 4.69) is 20.9 Å². The number of hydrazine groups is 1. The predicted molar refractivity (Wildman–Crippen MR) is 107 cm³/mol. The summed E-state index contributed by atoms with van der Waals surface area (Å²) >= 11 is 0. The summed E-state index contributed by atoms with van der Waals surface area (Å²) in [5.74, 6) is 1.91. The van der Waals surface area contributed by atoms with E-state index in [1.165, 1.54) is 12.1 Å². The molecule has 0 unspecified atom stereocenters. The first-order valence-electron chi connectivity index (χ1n) is 9.19. The van der Waals surface area contributed by atoms with E-state index >= 15 is 0 Å². The Labute approximate surface area is 175 Å². The van der Waals surface area contributed by atoms with E-state index in [0.717, 1.165) is 6.07 Å². The number of alkyl halides is 3. The van der Waals surface area contributed by atoms with E-state index in [1.54, 1.807) is 54.7 Å². The SMILES string of the molecule is CN1N=c2c(cc(-c3ccc(OCc4ccccn4)c(C(F)(F)F)c3)nc2=C=N)N1C. The van der Waals surface area contributed by atoms with Gasteiger partial charge in [-0.15, -0.1) is 0 Å². The lowest BCUT2D eigenvalue weighted by Gasteiger charge is -2.21. The fraction of sp³-hybridized carbons (Fsp3) is 0.190. The zero-order chi connectivity index (χ0) is 22.2. The zero-order valence-corrected chi connectivity index (χ0v) is 16.6. The van der Waals surface area contributed by atoms with Gasteiger partial charge in [-0.05, 0) is 36.4 Å². The van der Waals surface area contributed by atoms with Gasteiger partial charge >= 0.3 is 6.18 Å². The van der Waals surface area contributed by atoms with Gasteiger partial charge in [0, 0.05) is 31.7 Å². The first-order valence-corrected chi connectivity index (χ1v) is 9.19. The van der Waals surface area contributed by atoms with Gasteiger partial charge in [-0.25, -0.2) is 10.1 Å². The van der Waals surface area contributed by atoms with Crippen molar-refractivity contribution in [3.63, 3.8) is 0 Å². The van der Waals surface area contributed by atoms with E-state index in [9.17, 15) is 13.2 Å². The molecule has 0 atom stereocenters. The minimum atomic E-state index is -4.63. The van der Waals surface area contributed by atoms with E-state index in [0.29, 0.717) is 16.7 Å². The van der Waals surface area contributed by atoms with Gasteiger partial charge in [-0.3, -0.25) is 15.4 Å². The largest absolute Gasteiger partial charge is 0.487 e. The lowest BCUT2D eigenvalue weighted by molar-refractivity contribution is -0.139. The molecule has 31 heavy (non-hydrogen) atoms. The molecule has 1 aliphatic rings. The molecular weight excluding hydrogens is 409 g/mol. The average Bonchev–Trinajstić information content (AvgIpc) is 3.05. The van der Waals surface area contributed by atoms with Gasteiger partial charge in [0.1, 0.15) is 17.7 Å². The van der Waals surface area contributed by atoms with Crippen molar-refractivity contribution in [3.05, 3.63) is 70.6 Å². The van der Waals surface area contributed by atoms with Crippen LogP contribution < -0.4 is 20.5 Å². The number of halogens is 3. The van der Waals surface area contributed by atoms with E-state index in [4.69, 9.17) is 10.1 Å². The first kappa shape index (κ1) is 20.4. The molecule has 7 nitrogen and oxygen atoms in total. The molecule has 10 heteroatoms. The Morgan fingerprint density at radius 1 is 1.13 bits per heavy atom. The minimum Gasteiger partial charge on any atom is -0.487 e. The fourth-order valence-electron chi connectivity index (χ4n) is 3.14. The van der Waals surface area contributed by atoms with Gasteiger partial charge in [0.2, 0.25) is 0 Å². The van der Waals surface area contributed by atoms with Crippen molar-refractivity contribution in [2.45, 2.75) is 12.8 Å². The topological polar surface area (TPSA) is 77.7 Å². The Morgan fingerprint density at radius 2 is 1.94 bits per heavy atom. The van der Waals surface area contributed by atoms with Crippen molar-refractivity contribution in [1.29, 1.82) is 5.41 Å². The summed E-state index contributed by atoms with van der Waals surface area (Å²) in [5, 5.41) is 15.6. The highest BCUT2D eigenvalue weighted by molar-refractivity contribution is 5.68. The molecule has 4 rings (SSSR count). The molecule has 0 spiro atoms. The Bertz CT molecular complexity index is 1270. The maximum absolute atomic E-state index is 13.8. The zero-order valence-electron chi connectivity index (χ0n) is 16.6. The number of hydrogen-bond acceptors (Lipinski definition) is 7. The van der Waals surface area contributed by atoms with Crippen LogP contribution in [0.5, 0.6) is 5.75 Å². The number of hydrogen-bond donors (Lipinski definition) is 1. The van der Waals surface area contributed by atoms with Crippen LogP contribution in [0.15, 0.2) is 53.8 Å². The predicted octanol–water partition coefficient (Wildman–Crippen LogP) is 2.49. The van der Waals surface area contributed by atoms with Gasteiger partial charge in [0.15, 0.2) is 5.35 Å². The van der Waals surface area contributed by atoms with Gasteiger partial charge in [0.25, 0.3) is 0 Å². The van der Waals surface area contributed by atoms with Crippen molar-refractivity contribution in [1.82, 2.24) is 15.1 Å². The summed E-state index contributed by atoms with van der Waals surface area (Å²) in [6.07, 6.45) is -3.08. The number of pyridine rings is 2. The lowest BCUT2D eigenvalue weighted by Crippen LogP contribution is -2.32. The number of rotatable bonds is 4. The summed E-state index contributed by atoms with van der Waals surface area (Å²) < 4.78 is 46.7. The molecule has 3 aromatic rings. The lowest BCUT2D eigenvalue weighted by atomic mass is 10.1. The normalized spacial score (nSPS) is 12.9. The second kappa shape index (κ2) is 7.73. The Kier molecular flexibility index (Phi) is 5.08. The molecule has 0 radical (unpaired) electrons. The van der Waals surface area contributed by atoms with Gasteiger partial charge in [0.05, 0.1) is 22.6 Å². The van der Waals surface area contributed by atoms with E-state index in [-0.39, 0.29) is 29.0 Å². The third kappa shape index (κ3) is 3.93. The highest BCUT2D eigenvalue weighted by atomic mass is 19.4. The maximum Gasteiger partial charge on any atom is 0.419 e. The third-order valence-corrected chi connectivity index (χ3v) is 4.80. The fourth-order valence-corrected chi connectivity index (χ4v) is 3.14. The van der Waals surface area contributed by atoms with Crippen LogP contribution in [0.25, 0.3) is 11.3 Å². The standard InChI is InChI=1S/C21H17F3N6O/c1-29-18-10-16(27-17(11-25)20(18)28-30(29)2)13-6-7-19(15(9-13)21(22,23)24)31-12-14-5-3-4-8-26-14/h3-10,25H,12H2,1-2H3. The molecule has 158 valence electrons. The molecule has 0 saturated carbocycles. The smallest absolute Gasteiger partial charge is 0.419 e.